The number of rotatable bonds is 4. The standard InChI is InChI=1S/C16H20FNO/c17-14-7-3-2-6-13(14)15(16(19)12-8-9-12)18-10-4-1-5-11-18/h2-3,6-7,12,15H,1,4-5,8-11H2. The fourth-order valence-electron chi connectivity index (χ4n) is 2.99. The first-order valence-corrected chi connectivity index (χ1v) is 7.29. The van der Waals surface area contributed by atoms with Crippen molar-refractivity contribution >= 4 is 5.78 Å². The fourth-order valence-corrected chi connectivity index (χ4v) is 2.99. The number of nitrogens with zero attached hydrogens (tertiary/aromatic N) is 1. The molecule has 1 aromatic carbocycles. The van der Waals surface area contributed by atoms with Gasteiger partial charge < -0.3 is 0 Å². The van der Waals surface area contributed by atoms with Crippen LogP contribution in [0.3, 0.4) is 0 Å². The Morgan fingerprint density at radius 3 is 2.47 bits per heavy atom. The maximum Gasteiger partial charge on any atom is 0.157 e. The maximum absolute atomic E-state index is 14.1. The van der Waals surface area contributed by atoms with E-state index in [1.54, 1.807) is 12.1 Å². The second kappa shape index (κ2) is 5.41. The highest BCUT2D eigenvalue weighted by molar-refractivity contribution is 5.89. The molecule has 1 aliphatic carbocycles. The van der Waals surface area contributed by atoms with E-state index in [1.807, 2.05) is 6.07 Å². The molecule has 0 amide bonds. The van der Waals surface area contributed by atoms with Crippen molar-refractivity contribution in [3.63, 3.8) is 0 Å². The van der Waals surface area contributed by atoms with Gasteiger partial charge in [0.2, 0.25) is 0 Å². The van der Waals surface area contributed by atoms with E-state index in [2.05, 4.69) is 4.90 Å². The summed E-state index contributed by atoms with van der Waals surface area (Å²) in [4.78, 5) is 14.7. The molecule has 3 heteroatoms. The predicted molar refractivity (Wildman–Crippen MR) is 72.3 cm³/mol. The molecular formula is C16H20FNO. The molecular weight excluding hydrogens is 241 g/mol. The van der Waals surface area contributed by atoms with Gasteiger partial charge in [-0.15, -0.1) is 0 Å². The zero-order chi connectivity index (χ0) is 13.2. The SMILES string of the molecule is O=C(C1CC1)C(c1ccccc1F)N1CCCCC1. The molecule has 1 aromatic rings. The molecule has 2 fully saturated rings. The van der Waals surface area contributed by atoms with Crippen LogP contribution < -0.4 is 0 Å². The molecule has 0 aromatic heterocycles. The summed E-state index contributed by atoms with van der Waals surface area (Å²) in [7, 11) is 0. The Labute approximate surface area is 113 Å². The van der Waals surface area contributed by atoms with Crippen molar-refractivity contribution < 1.29 is 9.18 Å². The lowest BCUT2D eigenvalue weighted by Crippen LogP contribution is -2.39. The average molecular weight is 261 g/mol. The monoisotopic (exact) mass is 261 g/mol. The van der Waals surface area contributed by atoms with Crippen LogP contribution in [-0.4, -0.2) is 23.8 Å². The van der Waals surface area contributed by atoms with E-state index in [9.17, 15) is 9.18 Å². The average Bonchev–Trinajstić information content (AvgIpc) is 3.27. The lowest BCUT2D eigenvalue weighted by molar-refractivity contribution is -0.126. The molecule has 102 valence electrons. The summed E-state index contributed by atoms with van der Waals surface area (Å²) in [5.41, 5.74) is 0.571. The number of likely N-dealkylation sites (tertiary alicyclic amines) is 1. The van der Waals surface area contributed by atoms with Crippen LogP contribution in [0.1, 0.15) is 43.7 Å². The number of ketones is 1. The summed E-state index contributed by atoms with van der Waals surface area (Å²) < 4.78 is 14.1. The highest BCUT2D eigenvalue weighted by Gasteiger charge is 2.39. The van der Waals surface area contributed by atoms with Crippen LogP contribution in [0.4, 0.5) is 4.39 Å². The molecule has 1 atom stereocenters. The molecule has 3 rings (SSSR count). The molecule has 1 saturated heterocycles. The van der Waals surface area contributed by atoms with Gasteiger partial charge in [-0.05, 0) is 44.8 Å². The Kier molecular flexibility index (Phi) is 3.65. The summed E-state index contributed by atoms with van der Waals surface area (Å²) in [5.74, 6) is 0.158. The van der Waals surface area contributed by atoms with Gasteiger partial charge in [-0.25, -0.2) is 4.39 Å². The van der Waals surface area contributed by atoms with Crippen molar-refractivity contribution in [2.24, 2.45) is 5.92 Å². The third kappa shape index (κ3) is 2.71. The van der Waals surface area contributed by atoms with Gasteiger partial charge >= 0.3 is 0 Å². The zero-order valence-corrected chi connectivity index (χ0v) is 11.1. The Morgan fingerprint density at radius 2 is 1.84 bits per heavy atom. The van der Waals surface area contributed by atoms with E-state index in [4.69, 9.17) is 0 Å². The molecule has 2 aliphatic rings. The van der Waals surface area contributed by atoms with Crippen molar-refractivity contribution in [3.05, 3.63) is 35.6 Å². The number of benzene rings is 1. The van der Waals surface area contributed by atoms with E-state index in [-0.39, 0.29) is 23.6 Å². The van der Waals surface area contributed by atoms with Crippen LogP contribution in [0.5, 0.6) is 0 Å². The Morgan fingerprint density at radius 1 is 1.16 bits per heavy atom. The smallest absolute Gasteiger partial charge is 0.157 e. The third-order valence-corrected chi connectivity index (χ3v) is 4.20. The van der Waals surface area contributed by atoms with Crippen molar-refractivity contribution in [2.45, 2.75) is 38.1 Å². The molecule has 1 aliphatic heterocycles. The topological polar surface area (TPSA) is 20.3 Å². The zero-order valence-electron chi connectivity index (χ0n) is 11.1. The summed E-state index contributed by atoms with van der Waals surface area (Å²) in [6, 6.07) is 6.40. The number of piperidine rings is 1. The van der Waals surface area contributed by atoms with Gasteiger partial charge in [-0.2, -0.15) is 0 Å². The molecule has 1 unspecified atom stereocenters. The summed E-state index contributed by atoms with van der Waals surface area (Å²) >= 11 is 0. The minimum Gasteiger partial charge on any atom is -0.297 e. The number of hydrogen-bond acceptors (Lipinski definition) is 2. The molecule has 19 heavy (non-hydrogen) atoms. The normalized spacial score (nSPS) is 22.2. The number of halogens is 1. The van der Waals surface area contributed by atoms with Crippen LogP contribution in [-0.2, 0) is 4.79 Å². The number of carbonyl (C=O) groups is 1. The summed E-state index contributed by atoms with van der Waals surface area (Å²) in [6.07, 6.45) is 5.42. The van der Waals surface area contributed by atoms with Crippen molar-refractivity contribution in [1.29, 1.82) is 0 Å². The van der Waals surface area contributed by atoms with Gasteiger partial charge in [0.1, 0.15) is 5.82 Å². The first-order valence-electron chi connectivity index (χ1n) is 7.29. The largest absolute Gasteiger partial charge is 0.297 e. The van der Waals surface area contributed by atoms with E-state index < -0.39 is 0 Å². The summed E-state index contributed by atoms with van der Waals surface area (Å²) in [6.45, 7) is 1.83. The van der Waals surface area contributed by atoms with Crippen LogP contribution in [0.2, 0.25) is 0 Å². The second-order valence-corrected chi connectivity index (χ2v) is 5.70. The van der Waals surface area contributed by atoms with Crippen molar-refractivity contribution in [1.82, 2.24) is 4.90 Å². The maximum atomic E-state index is 14.1. The van der Waals surface area contributed by atoms with Crippen molar-refractivity contribution in [2.75, 3.05) is 13.1 Å². The highest BCUT2D eigenvalue weighted by atomic mass is 19.1. The van der Waals surface area contributed by atoms with E-state index in [0.29, 0.717) is 5.56 Å². The minimum absolute atomic E-state index is 0.173. The third-order valence-electron chi connectivity index (χ3n) is 4.20. The van der Waals surface area contributed by atoms with Gasteiger partial charge in [0.25, 0.3) is 0 Å². The predicted octanol–water partition coefficient (Wildman–Crippen LogP) is 3.33. The Balaban J connectivity index is 1.91. The van der Waals surface area contributed by atoms with Gasteiger partial charge in [0.05, 0.1) is 6.04 Å². The number of carbonyl (C=O) groups excluding carboxylic acids is 1. The number of hydrogen-bond donors (Lipinski definition) is 0. The second-order valence-electron chi connectivity index (χ2n) is 5.70. The lowest BCUT2D eigenvalue weighted by Gasteiger charge is -2.34. The first kappa shape index (κ1) is 12.8. The quantitative estimate of drug-likeness (QED) is 0.828. The molecule has 2 nitrogen and oxygen atoms in total. The van der Waals surface area contributed by atoms with Gasteiger partial charge in [-0.3, -0.25) is 9.69 Å². The van der Waals surface area contributed by atoms with Gasteiger partial charge in [0, 0.05) is 11.5 Å². The van der Waals surface area contributed by atoms with E-state index in [0.717, 1.165) is 38.8 Å². The van der Waals surface area contributed by atoms with Crippen LogP contribution in [0, 0.1) is 11.7 Å². The van der Waals surface area contributed by atoms with Gasteiger partial charge in [0.15, 0.2) is 5.78 Å². The molecule has 1 heterocycles. The fraction of sp³-hybridized carbons (Fsp3) is 0.562. The highest BCUT2D eigenvalue weighted by Crippen LogP contribution is 2.38. The molecule has 1 saturated carbocycles. The first-order chi connectivity index (χ1) is 9.27. The molecule has 0 bridgehead atoms. The van der Waals surface area contributed by atoms with Crippen LogP contribution in [0.15, 0.2) is 24.3 Å². The van der Waals surface area contributed by atoms with Crippen LogP contribution >= 0.6 is 0 Å². The lowest BCUT2D eigenvalue weighted by atomic mass is 9.95. The summed E-state index contributed by atoms with van der Waals surface area (Å²) in [5, 5.41) is 0. The Bertz CT molecular complexity index is 464. The van der Waals surface area contributed by atoms with E-state index in [1.165, 1.54) is 12.5 Å². The van der Waals surface area contributed by atoms with Crippen LogP contribution in [0.25, 0.3) is 0 Å². The molecule has 0 radical (unpaired) electrons. The molecule has 0 spiro atoms. The number of Topliss-reactive ketones (excluding diaryl/α,β-unsaturated/α-hetero) is 1. The minimum atomic E-state index is -0.353. The Hall–Kier alpha value is -1.22. The van der Waals surface area contributed by atoms with Crippen molar-refractivity contribution in [3.8, 4) is 0 Å². The van der Waals surface area contributed by atoms with E-state index >= 15 is 0 Å². The van der Waals surface area contributed by atoms with Gasteiger partial charge in [-0.1, -0.05) is 24.6 Å². The molecule has 0 N–H and O–H groups in total.